The van der Waals surface area contributed by atoms with Crippen molar-refractivity contribution < 1.29 is 24.2 Å². The Morgan fingerprint density at radius 3 is 2.56 bits per heavy atom. The van der Waals surface area contributed by atoms with Crippen molar-refractivity contribution in [2.45, 2.75) is 72.0 Å². The van der Waals surface area contributed by atoms with Crippen LogP contribution in [0.1, 0.15) is 59.8 Å². The van der Waals surface area contributed by atoms with Crippen LogP contribution in [0.15, 0.2) is 23.8 Å². The van der Waals surface area contributed by atoms with Gasteiger partial charge in [0.25, 0.3) is 0 Å². The average molecular weight is 374 g/mol. The topological polar surface area (TPSA) is 80.7 Å². The van der Waals surface area contributed by atoms with E-state index in [4.69, 9.17) is 4.74 Å². The fourth-order valence-electron chi connectivity index (χ4n) is 5.51. The van der Waals surface area contributed by atoms with Crippen molar-refractivity contribution in [2.75, 3.05) is 0 Å². The highest BCUT2D eigenvalue weighted by Crippen LogP contribution is 2.56. The predicted molar refractivity (Wildman–Crippen MR) is 101 cm³/mol. The molecule has 3 aliphatic rings. The maximum absolute atomic E-state index is 13.4. The first kappa shape index (κ1) is 20.0. The number of fused-ring (bicyclic) bond motifs is 2. The summed E-state index contributed by atoms with van der Waals surface area (Å²) in [6.45, 7) is 11.3. The largest absolute Gasteiger partial charge is 0.461 e. The van der Waals surface area contributed by atoms with Gasteiger partial charge in [0.1, 0.15) is 11.9 Å². The lowest BCUT2D eigenvalue weighted by Gasteiger charge is -2.54. The van der Waals surface area contributed by atoms with Crippen LogP contribution in [0.5, 0.6) is 0 Å². The molecule has 0 unspecified atom stereocenters. The van der Waals surface area contributed by atoms with Gasteiger partial charge in [-0.1, -0.05) is 26.5 Å². The fraction of sp³-hybridized carbons (Fsp3) is 0.682. The maximum atomic E-state index is 13.4. The number of aliphatic hydroxyl groups excluding tert-OH is 1. The molecule has 0 radical (unpaired) electrons. The van der Waals surface area contributed by atoms with Crippen LogP contribution in [0.3, 0.4) is 0 Å². The van der Waals surface area contributed by atoms with Gasteiger partial charge in [0, 0.05) is 24.8 Å². The third-order valence-electron chi connectivity index (χ3n) is 7.18. The number of allylic oxidation sites excluding steroid dienone is 2. The van der Waals surface area contributed by atoms with E-state index in [1.54, 1.807) is 6.08 Å². The van der Waals surface area contributed by atoms with E-state index in [2.05, 4.69) is 20.4 Å². The monoisotopic (exact) mass is 374 g/mol. The first-order valence-corrected chi connectivity index (χ1v) is 9.82. The standard InChI is InChI=1S/C22H30O5/c1-12-14-6-7-18(25)22(5)17(11-16(24)15(10-14)20(12)26)21(3,4)9-8-19(22)27-13(2)23/h10,14,16-17,19,24H,1,6-9,11H2,2-5H3/t14-,16-,17-,19-,22+/m1/s1. The van der Waals surface area contributed by atoms with E-state index < -0.39 is 23.6 Å². The Hall–Kier alpha value is -1.75. The van der Waals surface area contributed by atoms with Gasteiger partial charge >= 0.3 is 5.97 Å². The van der Waals surface area contributed by atoms with Crippen molar-refractivity contribution in [1.29, 1.82) is 0 Å². The number of carbonyl (C=O) groups excluding carboxylic acids is 3. The Kier molecular flexibility index (Phi) is 4.96. The molecule has 2 bridgehead atoms. The van der Waals surface area contributed by atoms with Crippen LogP contribution >= 0.6 is 0 Å². The minimum atomic E-state index is -0.940. The van der Waals surface area contributed by atoms with Gasteiger partial charge in [0.2, 0.25) is 0 Å². The quantitative estimate of drug-likeness (QED) is 0.563. The van der Waals surface area contributed by atoms with E-state index in [0.717, 1.165) is 6.42 Å². The molecule has 0 saturated heterocycles. The lowest BCUT2D eigenvalue weighted by atomic mass is 9.51. The molecule has 0 aromatic rings. The third-order valence-corrected chi connectivity index (χ3v) is 7.18. The van der Waals surface area contributed by atoms with E-state index in [0.29, 0.717) is 36.8 Å². The van der Waals surface area contributed by atoms with Gasteiger partial charge in [0.15, 0.2) is 5.78 Å². The van der Waals surface area contributed by atoms with Crippen molar-refractivity contribution in [1.82, 2.24) is 0 Å². The maximum Gasteiger partial charge on any atom is 0.302 e. The second-order valence-corrected chi connectivity index (χ2v) is 9.26. The van der Waals surface area contributed by atoms with Crippen LogP contribution in [-0.2, 0) is 19.1 Å². The molecule has 0 aromatic heterocycles. The minimum absolute atomic E-state index is 0.0442. The molecule has 0 heterocycles. The van der Waals surface area contributed by atoms with Gasteiger partial charge in [-0.05, 0) is 49.5 Å². The zero-order chi connectivity index (χ0) is 20.1. The van der Waals surface area contributed by atoms with Crippen LogP contribution in [0, 0.1) is 22.7 Å². The lowest BCUT2D eigenvalue weighted by molar-refractivity contribution is -0.177. The number of Topliss-reactive ketones (excluding diaryl/α,β-unsaturated/α-hetero) is 2. The second-order valence-electron chi connectivity index (χ2n) is 9.26. The van der Waals surface area contributed by atoms with Crippen molar-refractivity contribution in [3.05, 3.63) is 23.8 Å². The first-order valence-electron chi connectivity index (χ1n) is 9.82. The van der Waals surface area contributed by atoms with Crippen molar-refractivity contribution >= 4 is 17.5 Å². The normalized spacial score (nSPS) is 38.9. The van der Waals surface area contributed by atoms with Crippen molar-refractivity contribution in [3.63, 3.8) is 0 Å². The van der Waals surface area contributed by atoms with Crippen LogP contribution in [0.2, 0.25) is 0 Å². The molecular formula is C22H30O5. The molecule has 0 aliphatic heterocycles. The average Bonchev–Trinajstić information content (AvgIpc) is 2.86. The summed E-state index contributed by atoms with van der Waals surface area (Å²) in [6.07, 6.45) is 2.86. The summed E-state index contributed by atoms with van der Waals surface area (Å²) in [5, 5.41) is 10.9. The van der Waals surface area contributed by atoms with E-state index in [1.165, 1.54) is 6.92 Å². The molecule has 27 heavy (non-hydrogen) atoms. The van der Waals surface area contributed by atoms with Gasteiger partial charge < -0.3 is 9.84 Å². The molecule has 3 aliphatic carbocycles. The van der Waals surface area contributed by atoms with E-state index >= 15 is 0 Å². The molecule has 5 heteroatoms. The van der Waals surface area contributed by atoms with Crippen LogP contribution in [-0.4, -0.2) is 34.9 Å². The molecule has 0 aromatic carbocycles. The Bertz CT molecular complexity index is 731. The molecule has 1 N–H and O–H groups in total. The van der Waals surface area contributed by atoms with Crippen molar-refractivity contribution in [2.24, 2.45) is 22.7 Å². The Balaban J connectivity index is 2.07. The summed E-state index contributed by atoms with van der Waals surface area (Å²) < 4.78 is 5.60. The van der Waals surface area contributed by atoms with Crippen LogP contribution < -0.4 is 0 Å². The number of carbonyl (C=O) groups is 3. The highest BCUT2D eigenvalue weighted by atomic mass is 16.5. The Morgan fingerprint density at radius 2 is 1.93 bits per heavy atom. The van der Waals surface area contributed by atoms with E-state index in [9.17, 15) is 19.5 Å². The summed E-state index contributed by atoms with van der Waals surface area (Å²) in [7, 11) is 0. The Morgan fingerprint density at radius 1 is 1.26 bits per heavy atom. The molecule has 5 atom stereocenters. The highest BCUT2D eigenvalue weighted by molar-refractivity contribution is 6.11. The summed E-state index contributed by atoms with van der Waals surface area (Å²) in [5.74, 6) is -0.937. The summed E-state index contributed by atoms with van der Waals surface area (Å²) in [4.78, 5) is 37.7. The number of rotatable bonds is 1. The number of aliphatic hydroxyl groups is 1. The summed E-state index contributed by atoms with van der Waals surface area (Å²) in [6, 6.07) is 0. The smallest absolute Gasteiger partial charge is 0.302 e. The van der Waals surface area contributed by atoms with Gasteiger partial charge in [-0.15, -0.1) is 0 Å². The molecule has 0 amide bonds. The van der Waals surface area contributed by atoms with Crippen LogP contribution in [0.25, 0.3) is 0 Å². The molecule has 148 valence electrons. The summed E-state index contributed by atoms with van der Waals surface area (Å²) >= 11 is 0. The molecule has 5 nitrogen and oxygen atoms in total. The zero-order valence-electron chi connectivity index (χ0n) is 16.7. The molecule has 1 fully saturated rings. The number of hydrogen-bond donors (Lipinski definition) is 1. The van der Waals surface area contributed by atoms with Gasteiger partial charge in [-0.2, -0.15) is 0 Å². The van der Waals surface area contributed by atoms with Crippen LogP contribution in [0.4, 0.5) is 0 Å². The highest BCUT2D eigenvalue weighted by Gasteiger charge is 2.58. The SMILES string of the molecule is C=C1C(=O)C2=C[C@H]1CCC(=O)[C@]1(C)[C@H](C[C@H]2O)C(C)(C)CC[C@H]1OC(C)=O. The van der Waals surface area contributed by atoms with Gasteiger partial charge in [-0.3, -0.25) is 14.4 Å². The fourth-order valence-corrected chi connectivity index (χ4v) is 5.51. The number of hydrogen-bond acceptors (Lipinski definition) is 5. The van der Waals surface area contributed by atoms with Gasteiger partial charge in [-0.25, -0.2) is 0 Å². The van der Waals surface area contributed by atoms with Crippen molar-refractivity contribution in [3.8, 4) is 0 Å². The first-order chi connectivity index (χ1) is 12.5. The van der Waals surface area contributed by atoms with E-state index in [1.807, 2.05) is 6.92 Å². The van der Waals surface area contributed by atoms with Gasteiger partial charge in [0.05, 0.1) is 11.5 Å². The predicted octanol–water partition coefficient (Wildman–Crippen LogP) is 3.16. The Labute approximate surface area is 160 Å². The lowest BCUT2D eigenvalue weighted by Crippen LogP contribution is -2.57. The third kappa shape index (κ3) is 3.20. The minimum Gasteiger partial charge on any atom is -0.461 e. The summed E-state index contributed by atoms with van der Waals surface area (Å²) in [5.41, 5.74) is -0.231. The molecular weight excluding hydrogens is 344 g/mol. The number of esters is 1. The zero-order valence-corrected chi connectivity index (χ0v) is 16.7. The molecule has 0 spiro atoms. The molecule has 3 rings (SSSR count). The number of ketones is 2. The number of ether oxygens (including phenoxy) is 1. The second kappa shape index (κ2) is 6.69. The van der Waals surface area contributed by atoms with E-state index in [-0.39, 0.29) is 28.8 Å². The molecule has 1 saturated carbocycles.